The number of halogens is 3. The lowest BCUT2D eigenvalue weighted by molar-refractivity contribution is 0.543. The van der Waals surface area contributed by atoms with E-state index in [4.69, 9.17) is 28.2 Å². The molecule has 3 aromatic heterocycles. The van der Waals surface area contributed by atoms with Gasteiger partial charge >= 0.3 is 0 Å². The summed E-state index contributed by atoms with van der Waals surface area (Å²) < 4.78 is 20.4. The fourth-order valence-corrected chi connectivity index (χ4v) is 5.50. The molecule has 4 aromatic rings. The Hall–Kier alpha value is -2.23. The highest BCUT2D eigenvalue weighted by Crippen LogP contribution is 2.33. The van der Waals surface area contributed by atoms with Gasteiger partial charge in [0.15, 0.2) is 0 Å². The number of rotatable bonds is 7. The van der Waals surface area contributed by atoms with Crippen LogP contribution in [0.15, 0.2) is 42.6 Å². The van der Waals surface area contributed by atoms with E-state index in [-0.39, 0.29) is 11.1 Å². The van der Waals surface area contributed by atoms with E-state index in [9.17, 15) is 4.39 Å². The highest BCUT2D eigenvalue weighted by Gasteiger charge is 2.18. The van der Waals surface area contributed by atoms with E-state index in [1.165, 1.54) is 23.7 Å². The predicted octanol–water partition coefficient (Wildman–Crippen LogP) is 5.36. The van der Waals surface area contributed by atoms with Gasteiger partial charge in [0.2, 0.25) is 0 Å². The fraction of sp³-hybridized carbons (Fsp3) is 0.304. The van der Waals surface area contributed by atoms with Crippen molar-refractivity contribution in [3.05, 3.63) is 69.7 Å². The first kappa shape index (κ1) is 22.6. The normalized spacial score (nSPS) is 17.0. The lowest BCUT2D eigenvalue weighted by Crippen LogP contribution is -2.30. The van der Waals surface area contributed by atoms with Crippen molar-refractivity contribution < 1.29 is 4.39 Å². The van der Waals surface area contributed by atoms with Crippen LogP contribution >= 0.6 is 34.7 Å². The van der Waals surface area contributed by atoms with Gasteiger partial charge in [-0.05, 0) is 67.8 Å². The molecule has 0 aliphatic carbocycles. The van der Waals surface area contributed by atoms with Gasteiger partial charge in [-0.2, -0.15) is 4.37 Å². The van der Waals surface area contributed by atoms with Gasteiger partial charge in [-0.1, -0.05) is 23.2 Å². The molecule has 0 radical (unpaired) electrons. The van der Waals surface area contributed by atoms with Crippen molar-refractivity contribution in [2.24, 2.45) is 0 Å². The van der Waals surface area contributed by atoms with E-state index in [0.717, 1.165) is 53.4 Å². The molecule has 172 valence electrons. The molecular weight excluding hydrogens is 482 g/mol. The van der Waals surface area contributed by atoms with Crippen LogP contribution in [0.5, 0.6) is 0 Å². The SMILES string of the molecule is CC(Nn1ccc2nc(-c3cc(CNC4CCNC4)ns3)ccc21)c1c(Cl)ccc(F)c1Cl. The molecular formula is C23H23Cl2FN6S. The Balaban J connectivity index is 1.32. The number of nitrogens with one attached hydrogen (secondary N) is 3. The van der Waals surface area contributed by atoms with Gasteiger partial charge in [-0.25, -0.2) is 9.37 Å². The zero-order chi connectivity index (χ0) is 22.9. The predicted molar refractivity (Wildman–Crippen MR) is 133 cm³/mol. The van der Waals surface area contributed by atoms with Crippen molar-refractivity contribution >= 4 is 45.8 Å². The summed E-state index contributed by atoms with van der Waals surface area (Å²) in [6, 6.07) is 11.0. The molecule has 1 aromatic carbocycles. The second kappa shape index (κ2) is 9.56. The van der Waals surface area contributed by atoms with Crippen LogP contribution < -0.4 is 16.1 Å². The quantitative estimate of drug-likeness (QED) is 0.295. The first-order valence-corrected chi connectivity index (χ1v) is 12.3. The van der Waals surface area contributed by atoms with Crippen molar-refractivity contribution in [1.82, 2.24) is 24.7 Å². The van der Waals surface area contributed by atoms with Crippen molar-refractivity contribution in [3.8, 4) is 10.6 Å². The Morgan fingerprint density at radius 2 is 2.15 bits per heavy atom. The van der Waals surface area contributed by atoms with Crippen molar-refractivity contribution in [3.63, 3.8) is 0 Å². The minimum absolute atomic E-state index is 0.0269. The van der Waals surface area contributed by atoms with Crippen molar-refractivity contribution in [2.45, 2.75) is 32.0 Å². The summed E-state index contributed by atoms with van der Waals surface area (Å²) in [6.07, 6.45) is 3.03. The first-order chi connectivity index (χ1) is 16.0. The molecule has 4 heterocycles. The number of hydrogen-bond donors (Lipinski definition) is 3. The minimum Gasteiger partial charge on any atom is -0.318 e. The van der Waals surface area contributed by atoms with Gasteiger partial charge in [0.05, 0.1) is 38.4 Å². The lowest BCUT2D eigenvalue weighted by atomic mass is 10.1. The van der Waals surface area contributed by atoms with Crippen molar-refractivity contribution in [2.75, 3.05) is 18.5 Å². The molecule has 1 aliphatic heterocycles. The Labute approximate surface area is 205 Å². The molecule has 0 saturated carbocycles. The van der Waals surface area contributed by atoms with Crippen LogP contribution in [0, 0.1) is 5.82 Å². The van der Waals surface area contributed by atoms with Crippen LogP contribution in [0.3, 0.4) is 0 Å². The molecule has 1 aliphatic rings. The average Bonchev–Trinajstić information content (AvgIpc) is 3.56. The van der Waals surface area contributed by atoms with Crippen LogP contribution in [0.1, 0.15) is 30.6 Å². The topological polar surface area (TPSA) is 66.8 Å². The largest absolute Gasteiger partial charge is 0.318 e. The molecule has 1 saturated heterocycles. The molecule has 2 atom stereocenters. The third kappa shape index (κ3) is 4.72. The Morgan fingerprint density at radius 3 is 2.97 bits per heavy atom. The summed E-state index contributed by atoms with van der Waals surface area (Å²) >= 11 is 13.9. The third-order valence-corrected chi connectivity index (χ3v) is 7.40. The zero-order valence-corrected chi connectivity index (χ0v) is 20.2. The van der Waals surface area contributed by atoms with E-state index >= 15 is 0 Å². The smallest absolute Gasteiger partial charge is 0.142 e. The Kier molecular flexibility index (Phi) is 6.53. The second-order valence-corrected chi connectivity index (χ2v) is 9.74. The van der Waals surface area contributed by atoms with E-state index in [1.54, 1.807) is 0 Å². The second-order valence-electron chi connectivity index (χ2n) is 8.15. The Morgan fingerprint density at radius 1 is 1.27 bits per heavy atom. The number of nitrogens with zero attached hydrogens (tertiary/aromatic N) is 3. The molecule has 10 heteroatoms. The lowest BCUT2D eigenvalue weighted by Gasteiger charge is -2.20. The van der Waals surface area contributed by atoms with Crippen LogP contribution in [0.25, 0.3) is 21.6 Å². The van der Waals surface area contributed by atoms with Gasteiger partial charge in [0.25, 0.3) is 0 Å². The molecule has 3 N–H and O–H groups in total. The third-order valence-electron chi connectivity index (χ3n) is 5.83. The number of benzene rings is 1. The molecule has 0 spiro atoms. The molecule has 6 nitrogen and oxygen atoms in total. The number of pyridine rings is 1. The number of hydrogen-bond acceptors (Lipinski definition) is 6. The van der Waals surface area contributed by atoms with Crippen LogP contribution in [-0.2, 0) is 6.54 Å². The van der Waals surface area contributed by atoms with Gasteiger partial charge < -0.3 is 16.1 Å². The summed E-state index contributed by atoms with van der Waals surface area (Å²) in [4.78, 5) is 5.85. The first-order valence-electron chi connectivity index (χ1n) is 10.8. The van der Waals surface area contributed by atoms with Crippen LogP contribution in [0.2, 0.25) is 10.0 Å². The fourth-order valence-electron chi connectivity index (χ4n) is 4.08. The highest BCUT2D eigenvalue weighted by atomic mass is 35.5. The molecule has 1 fully saturated rings. The van der Waals surface area contributed by atoms with Crippen LogP contribution in [0.4, 0.5) is 4.39 Å². The van der Waals surface area contributed by atoms with Crippen molar-refractivity contribution in [1.29, 1.82) is 0 Å². The Bertz CT molecular complexity index is 1280. The maximum Gasteiger partial charge on any atom is 0.142 e. The molecule has 5 rings (SSSR count). The van der Waals surface area contributed by atoms with E-state index < -0.39 is 5.82 Å². The van der Waals surface area contributed by atoms with Gasteiger partial charge in [0.1, 0.15) is 5.82 Å². The molecule has 2 unspecified atom stereocenters. The van der Waals surface area contributed by atoms with E-state index in [0.29, 0.717) is 16.6 Å². The van der Waals surface area contributed by atoms with Gasteiger partial charge in [-0.15, -0.1) is 0 Å². The number of fused-ring (bicyclic) bond motifs is 1. The maximum absolute atomic E-state index is 13.9. The highest BCUT2D eigenvalue weighted by molar-refractivity contribution is 7.09. The van der Waals surface area contributed by atoms with Crippen LogP contribution in [-0.4, -0.2) is 33.2 Å². The van der Waals surface area contributed by atoms with Gasteiger partial charge in [-0.3, -0.25) is 4.68 Å². The minimum atomic E-state index is -0.493. The monoisotopic (exact) mass is 504 g/mol. The zero-order valence-electron chi connectivity index (χ0n) is 17.9. The molecule has 0 bridgehead atoms. The average molecular weight is 505 g/mol. The molecule has 0 amide bonds. The summed E-state index contributed by atoms with van der Waals surface area (Å²) in [6.45, 7) is 4.72. The van der Waals surface area contributed by atoms with Gasteiger partial charge in [0, 0.05) is 35.9 Å². The summed E-state index contributed by atoms with van der Waals surface area (Å²) in [5.74, 6) is -0.493. The van der Waals surface area contributed by atoms with E-state index in [2.05, 4.69) is 26.5 Å². The summed E-state index contributed by atoms with van der Waals surface area (Å²) in [5, 5.41) is 7.35. The standard InChI is InChI=1S/C23H23Cl2FN6S/c1-13(22-16(24)2-3-17(26)23(22)25)30-32-9-7-18-20(32)5-4-19(29-18)21-10-15(31-33-21)12-28-14-6-8-27-11-14/h2-5,7,9-10,13-14,27-28,30H,6,8,11-12H2,1H3. The summed E-state index contributed by atoms with van der Waals surface area (Å²) in [5.41, 5.74) is 7.48. The summed E-state index contributed by atoms with van der Waals surface area (Å²) in [7, 11) is 0. The maximum atomic E-state index is 13.9. The van der Waals surface area contributed by atoms with E-state index in [1.807, 2.05) is 36.0 Å². The molecule has 33 heavy (non-hydrogen) atoms. The number of aromatic nitrogens is 3.